The molecule has 0 saturated carbocycles. The third-order valence-electron chi connectivity index (χ3n) is 3.97. The van der Waals surface area contributed by atoms with Crippen molar-refractivity contribution in [1.29, 1.82) is 0 Å². The van der Waals surface area contributed by atoms with Crippen molar-refractivity contribution in [2.24, 2.45) is 0 Å². The Labute approximate surface area is 148 Å². The number of nitro groups is 1. The van der Waals surface area contributed by atoms with Gasteiger partial charge in [0.1, 0.15) is 5.75 Å². The lowest BCUT2D eigenvalue weighted by atomic mass is 9.99. The number of anilines is 1. The molecule has 1 aliphatic heterocycles. The Kier molecular flexibility index (Phi) is 4.99. The standard InChI is InChI=1S/C17H18BrN3O3/c1-2-7-24-15-4-3-13-11-20(6-5-12(13)8-15)17-16(21(22)23)9-14(18)10-19-17/h3-4,8-10H,2,5-7,11H2,1H3. The number of halogens is 1. The molecule has 0 fully saturated rings. The lowest BCUT2D eigenvalue weighted by Crippen LogP contribution is -2.31. The van der Waals surface area contributed by atoms with Crippen LogP contribution in [0.15, 0.2) is 34.9 Å². The fourth-order valence-corrected chi connectivity index (χ4v) is 3.14. The van der Waals surface area contributed by atoms with Gasteiger partial charge in [-0.3, -0.25) is 10.1 Å². The highest BCUT2D eigenvalue weighted by atomic mass is 79.9. The van der Waals surface area contributed by atoms with Crippen LogP contribution in [-0.4, -0.2) is 23.1 Å². The second-order valence-electron chi connectivity index (χ2n) is 5.70. The molecule has 24 heavy (non-hydrogen) atoms. The van der Waals surface area contributed by atoms with Gasteiger partial charge in [0.2, 0.25) is 5.82 Å². The van der Waals surface area contributed by atoms with Crippen LogP contribution in [0.1, 0.15) is 24.5 Å². The zero-order valence-electron chi connectivity index (χ0n) is 13.4. The molecule has 0 aliphatic carbocycles. The fourth-order valence-electron chi connectivity index (χ4n) is 2.82. The Morgan fingerprint density at radius 2 is 2.21 bits per heavy atom. The number of pyridine rings is 1. The van der Waals surface area contributed by atoms with Gasteiger partial charge >= 0.3 is 5.69 Å². The summed E-state index contributed by atoms with van der Waals surface area (Å²) in [5.41, 5.74) is 2.42. The quantitative estimate of drug-likeness (QED) is 0.566. The summed E-state index contributed by atoms with van der Waals surface area (Å²) < 4.78 is 6.28. The summed E-state index contributed by atoms with van der Waals surface area (Å²) in [6, 6.07) is 7.57. The molecule has 1 aromatic carbocycles. The highest BCUT2D eigenvalue weighted by molar-refractivity contribution is 9.10. The second-order valence-corrected chi connectivity index (χ2v) is 6.62. The van der Waals surface area contributed by atoms with E-state index in [1.807, 2.05) is 17.0 Å². The van der Waals surface area contributed by atoms with Gasteiger partial charge in [0.15, 0.2) is 0 Å². The Morgan fingerprint density at radius 1 is 1.38 bits per heavy atom. The number of nitrogens with zero attached hydrogens (tertiary/aromatic N) is 3. The van der Waals surface area contributed by atoms with Gasteiger partial charge in [0.05, 0.1) is 11.5 Å². The monoisotopic (exact) mass is 391 g/mol. The first-order chi connectivity index (χ1) is 11.6. The van der Waals surface area contributed by atoms with E-state index in [9.17, 15) is 10.1 Å². The van der Waals surface area contributed by atoms with Crippen molar-refractivity contribution in [2.75, 3.05) is 18.1 Å². The molecule has 6 nitrogen and oxygen atoms in total. The topological polar surface area (TPSA) is 68.5 Å². The van der Waals surface area contributed by atoms with Gasteiger partial charge in [0, 0.05) is 29.8 Å². The first-order valence-electron chi connectivity index (χ1n) is 7.88. The van der Waals surface area contributed by atoms with Crippen molar-refractivity contribution in [2.45, 2.75) is 26.3 Å². The first kappa shape index (κ1) is 16.7. The van der Waals surface area contributed by atoms with E-state index >= 15 is 0 Å². The molecule has 0 spiro atoms. The molecule has 0 amide bonds. The molecule has 0 saturated heterocycles. The van der Waals surface area contributed by atoms with Gasteiger partial charge in [0.25, 0.3) is 0 Å². The highest BCUT2D eigenvalue weighted by Crippen LogP contribution is 2.32. The molecule has 0 unspecified atom stereocenters. The number of ether oxygens (including phenoxy) is 1. The van der Waals surface area contributed by atoms with Crippen molar-refractivity contribution >= 4 is 27.4 Å². The van der Waals surface area contributed by atoms with Crippen LogP contribution in [0.25, 0.3) is 0 Å². The third kappa shape index (κ3) is 3.51. The van der Waals surface area contributed by atoms with E-state index in [4.69, 9.17) is 4.74 Å². The van der Waals surface area contributed by atoms with Crippen LogP contribution in [0.2, 0.25) is 0 Å². The summed E-state index contributed by atoms with van der Waals surface area (Å²) in [6.45, 7) is 4.09. The maximum atomic E-state index is 11.3. The van der Waals surface area contributed by atoms with E-state index in [2.05, 4.69) is 33.9 Å². The summed E-state index contributed by atoms with van der Waals surface area (Å²) in [7, 11) is 0. The molecule has 0 radical (unpaired) electrons. The van der Waals surface area contributed by atoms with Crippen LogP contribution in [0.3, 0.4) is 0 Å². The van der Waals surface area contributed by atoms with E-state index in [1.165, 1.54) is 11.6 Å². The van der Waals surface area contributed by atoms with Crippen molar-refractivity contribution < 1.29 is 9.66 Å². The lowest BCUT2D eigenvalue weighted by molar-refractivity contribution is -0.384. The van der Waals surface area contributed by atoms with Crippen LogP contribution < -0.4 is 9.64 Å². The molecule has 2 heterocycles. The molecule has 0 bridgehead atoms. The normalized spacial score (nSPS) is 13.5. The third-order valence-corrected chi connectivity index (χ3v) is 4.41. The first-order valence-corrected chi connectivity index (χ1v) is 8.67. The molecule has 126 valence electrons. The molecule has 0 N–H and O–H groups in total. The van der Waals surface area contributed by atoms with Crippen molar-refractivity contribution in [1.82, 2.24) is 4.98 Å². The van der Waals surface area contributed by atoms with E-state index in [-0.39, 0.29) is 10.6 Å². The molecule has 3 rings (SSSR count). The zero-order chi connectivity index (χ0) is 17.1. The van der Waals surface area contributed by atoms with Crippen LogP contribution in [0.4, 0.5) is 11.5 Å². The molecular weight excluding hydrogens is 374 g/mol. The number of aromatic nitrogens is 1. The van der Waals surface area contributed by atoms with Crippen molar-refractivity contribution in [3.8, 4) is 5.75 Å². The number of rotatable bonds is 5. The Hall–Kier alpha value is -2.15. The molecule has 1 aliphatic rings. The molecular formula is C17H18BrN3O3. The SMILES string of the molecule is CCCOc1ccc2c(c1)CCN(c1ncc(Br)cc1[N+](=O)[O-])C2. The summed E-state index contributed by atoms with van der Waals surface area (Å²) in [4.78, 5) is 17.1. The Bertz CT molecular complexity index is 767. The molecule has 1 aromatic heterocycles. The smallest absolute Gasteiger partial charge is 0.312 e. The van der Waals surface area contributed by atoms with Gasteiger partial charge in [-0.2, -0.15) is 0 Å². The van der Waals surface area contributed by atoms with E-state index in [0.29, 0.717) is 30.0 Å². The molecule has 2 aromatic rings. The summed E-state index contributed by atoms with van der Waals surface area (Å²) in [5, 5.41) is 11.3. The summed E-state index contributed by atoms with van der Waals surface area (Å²) in [6.07, 6.45) is 3.39. The maximum absolute atomic E-state index is 11.3. The van der Waals surface area contributed by atoms with E-state index in [1.54, 1.807) is 6.20 Å². The van der Waals surface area contributed by atoms with Gasteiger partial charge in [-0.15, -0.1) is 0 Å². The number of hydrogen-bond acceptors (Lipinski definition) is 5. The number of fused-ring (bicyclic) bond motifs is 1. The largest absolute Gasteiger partial charge is 0.494 e. The van der Waals surface area contributed by atoms with Crippen molar-refractivity contribution in [3.63, 3.8) is 0 Å². The van der Waals surface area contributed by atoms with Crippen LogP contribution in [0, 0.1) is 10.1 Å². The predicted molar refractivity (Wildman–Crippen MR) is 95.6 cm³/mol. The summed E-state index contributed by atoms with van der Waals surface area (Å²) in [5.74, 6) is 1.30. The lowest BCUT2D eigenvalue weighted by Gasteiger charge is -2.29. The van der Waals surface area contributed by atoms with Gasteiger partial charge in [-0.05, 0) is 52.0 Å². The maximum Gasteiger partial charge on any atom is 0.312 e. The van der Waals surface area contributed by atoms with Crippen molar-refractivity contribution in [3.05, 3.63) is 56.2 Å². The minimum atomic E-state index is -0.385. The average Bonchev–Trinajstić information content (AvgIpc) is 2.59. The summed E-state index contributed by atoms with van der Waals surface area (Å²) >= 11 is 3.24. The number of hydrogen-bond donors (Lipinski definition) is 0. The predicted octanol–water partition coefficient (Wildman–Crippen LogP) is 4.10. The van der Waals surface area contributed by atoms with Gasteiger partial charge < -0.3 is 9.64 Å². The van der Waals surface area contributed by atoms with Crippen LogP contribution >= 0.6 is 15.9 Å². The zero-order valence-corrected chi connectivity index (χ0v) is 15.0. The van der Waals surface area contributed by atoms with E-state index < -0.39 is 0 Å². The van der Waals surface area contributed by atoms with Gasteiger partial charge in [-0.25, -0.2) is 4.98 Å². The molecule has 0 atom stereocenters. The fraction of sp³-hybridized carbons (Fsp3) is 0.353. The second kappa shape index (κ2) is 7.17. The Balaban J connectivity index is 1.84. The van der Waals surface area contributed by atoms with Gasteiger partial charge in [-0.1, -0.05) is 13.0 Å². The highest BCUT2D eigenvalue weighted by Gasteiger charge is 2.25. The van der Waals surface area contributed by atoms with Crippen LogP contribution in [0.5, 0.6) is 5.75 Å². The molecule has 7 heteroatoms. The minimum Gasteiger partial charge on any atom is -0.494 e. The Morgan fingerprint density at radius 3 is 2.96 bits per heavy atom. The number of benzene rings is 1. The van der Waals surface area contributed by atoms with E-state index in [0.717, 1.165) is 24.2 Å². The minimum absolute atomic E-state index is 0.0238. The van der Waals surface area contributed by atoms with Crippen LogP contribution in [-0.2, 0) is 13.0 Å². The average molecular weight is 392 g/mol.